The number of aryl methyl sites for hydroxylation is 1. The van der Waals surface area contributed by atoms with Gasteiger partial charge in [0.1, 0.15) is 5.75 Å². The normalized spacial score (nSPS) is 11.3. The highest BCUT2D eigenvalue weighted by atomic mass is 16.3. The highest BCUT2D eigenvalue weighted by molar-refractivity contribution is 5.97. The van der Waals surface area contributed by atoms with Crippen molar-refractivity contribution in [1.82, 2.24) is 0 Å². The number of hydrogen-bond acceptors (Lipinski definition) is 2. The van der Waals surface area contributed by atoms with Crippen molar-refractivity contribution in [2.24, 2.45) is 0 Å². The van der Waals surface area contributed by atoms with E-state index < -0.39 is 0 Å². The number of phenolic OH excluding ortho intramolecular Hbond substituents is 1. The molecule has 0 amide bonds. The molecule has 0 fully saturated rings. The Morgan fingerprint density at radius 3 is 1.81 bits per heavy atom. The van der Waals surface area contributed by atoms with Crippen molar-refractivity contribution in [3.63, 3.8) is 0 Å². The Labute approximate surface area is 167 Å². The summed E-state index contributed by atoms with van der Waals surface area (Å²) in [7, 11) is 0. The first-order chi connectivity index (χ1) is 13.0. The quantitative estimate of drug-likeness (QED) is 0.249. The molecule has 0 aliphatic carbocycles. The van der Waals surface area contributed by atoms with Gasteiger partial charge in [0, 0.05) is 12.0 Å². The first kappa shape index (κ1) is 23.7. The molecule has 1 aromatic carbocycles. The lowest BCUT2D eigenvalue weighted by Gasteiger charge is -2.13. The second kappa shape index (κ2) is 13.8. The van der Waals surface area contributed by atoms with Gasteiger partial charge in [-0.15, -0.1) is 0 Å². The largest absolute Gasteiger partial charge is 0.508 e. The predicted molar refractivity (Wildman–Crippen MR) is 117 cm³/mol. The Morgan fingerprint density at radius 2 is 1.33 bits per heavy atom. The van der Waals surface area contributed by atoms with Gasteiger partial charge in [0.15, 0.2) is 5.78 Å². The van der Waals surface area contributed by atoms with E-state index >= 15 is 0 Å². The number of carbonyl (C=O) groups excluding carboxylic acids is 1. The van der Waals surface area contributed by atoms with E-state index in [9.17, 15) is 9.90 Å². The smallest absolute Gasteiger partial charge is 0.163 e. The van der Waals surface area contributed by atoms with Gasteiger partial charge in [-0.05, 0) is 42.5 Å². The number of phenols is 1. The number of carbonyl (C=O) groups is 1. The molecule has 27 heavy (non-hydrogen) atoms. The molecule has 1 aromatic rings. The van der Waals surface area contributed by atoms with Crippen LogP contribution in [0.4, 0.5) is 0 Å². The van der Waals surface area contributed by atoms with E-state index in [1.807, 2.05) is 26.8 Å². The average Bonchev–Trinajstić information content (AvgIpc) is 2.62. The van der Waals surface area contributed by atoms with Gasteiger partial charge in [-0.1, -0.05) is 91.4 Å². The summed E-state index contributed by atoms with van der Waals surface area (Å²) in [6.45, 7) is 8.27. The number of ketones is 1. The molecule has 0 aromatic heterocycles. The summed E-state index contributed by atoms with van der Waals surface area (Å²) in [5, 5.41) is 10.0. The monoisotopic (exact) mass is 374 g/mol. The molecule has 2 nitrogen and oxygen atoms in total. The van der Waals surface area contributed by atoms with Crippen molar-refractivity contribution in [2.45, 2.75) is 117 Å². The minimum atomic E-state index is 0.224. The minimum Gasteiger partial charge on any atom is -0.508 e. The summed E-state index contributed by atoms with van der Waals surface area (Å²) in [4.78, 5) is 12.6. The van der Waals surface area contributed by atoms with Gasteiger partial charge in [-0.25, -0.2) is 0 Å². The molecule has 0 saturated carbocycles. The summed E-state index contributed by atoms with van der Waals surface area (Å²) in [6, 6.07) is 3.64. The minimum absolute atomic E-state index is 0.224. The standard InChI is InChI=1S/C25H42O2/c1-5-6-7-8-9-10-11-12-13-14-15-16-17-24(26)23-19-22(20(2)3)25(27)18-21(23)4/h18-20,27H,5-17H2,1-4H3. The van der Waals surface area contributed by atoms with Crippen LogP contribution in [0.5, 0.6) is 5.75 Å². The van der Waals surface area contributed by atoms with Crippen LogP contribution in [0.1, 0.15) is 132 Å². The molecule has 1 N–H and O–H groups in total. The van der Waals surface area contributed by atoms with Crippen LogP contribution in [0.3, 0.4) is 0 Å². The molecule has 0 unspecified atom stereocenters. The molecule has 1 rings (SSSR count). The van der Waals surface area contributed by atoms with Gasteiger partial charge >= 0.3 is 0 Å². The number of unbranched alkanes of at least 4 members (excludes halogenated alkanes) is 11. The number of Topliss-reactive ketones (excluding diaryl/α,β-unsaturated/α-hetero) is 1. The molecular formula is C25H42O2. The molecule has 0 aliphatic heterocycles. The second-order valence-electron chi connectivity index (χ2n) is 8.44. The van der Waals surface area contributed by atoms with Crippen LogP contribution >= 0.6 is 0 Å². The lowest BCUT2D eigenvalue weighted by Crippen LogP contribution is -2.04. The molecule has 0 atom stereocenters. The van der Waals surface area contributed by atoms with Crippen LogP contribution in [0.25, 0.3) is 0 Å². The Morgan fingerprint density at radius 1 is 0.852 bits per heavy atom. The SMILES string of the molecule is CCCCCCCCCCCCCCC(=O)c1cc(C(C)C)c(O)cc1C. The summed E-state index contributed by atoms with van der Waals surface area (Å²) in [6.07, 6.45) is 16.3. The van der Waals surface area contributed by atoms with Gasteiger partial charge in [-0.3, -0.25) is 4.79 Å². The summed E-state index contributed by atoms with van der Waals surface area (Å²) in [5.74, 6) is 0.759. The summed E-state index contributed by atoms with van der Waals surface area (Å²) in [5.41, 5.74) is 2.55. The zero-order chi connectivity index (χ0) is 20.1. The first-order valence-corrected chi connectivity index (χ1v) is 11.3. The summed E-state index contributed by atoms with van der Waals surface area (Å²) < 4.78 is 0. The van der Waals surface area contributed by atoms with Crippen molar-refractivity contribution in [2.75, 3.05) is 0 Å². The van der Waals surface area contributed by atoms with E-state index in [1.165, 1.54) is 64.2 Å². The van der Waals surface area contributed by atoms with Crippen LogP contribution in [-0.2, 0) is 0 Å². The molecule has 2 heteroatoms. The van der Waals surface area contributed by atoms with Crippen LogP contribution in [-0.4, -0.2) is 10.9 Å². The predicted octanol–water partition coefficient (Wildman–Crippen LogP) is 8.10. The molecule has 0 saturated heterocycles. The number of hydrogen-bond donors (Lipinski definition) is 1. The first-order valence-electron chi connectivity index (χ1n) is 11.3. The fraction of sp³-hybridized carbons (Fsp3) is 0.720. The van der Waals surface area contributed by atoms with Crippen molar-refractivity contribution in [3.05, 3.63) is 28.8 Å². The van der Waals surface area contributed by atoms with E-state index in [4.69, 9.17) is 0 Å². The third-order valence-corrected chi connectivity index (χ3v) is 5.55. The third-order valence-electron chi connectivity index (χ3n) is 5.55. The highest BCUT2D eigenvalue weighted by Gasteiger charge is 2.14. The van der Waals surface area contributed by atoms with E-state index in [0.29, 0.717) is 12.2 Å². The van der Waals surface area contributed by atoms with Crippen LogP contribution < -0.4 is 0 Å². The number of rotatable bonds is 15. The van der Waals surface area contributed by atoms with Crippen molar-refractivity contribution < 1.29 is 9.90 Å². The molecular weight excluding hydrogens is 332 g/mol. The number of aromatic hydroxyl groups is 1. The van der Waals surface area contributed by atoms with Crippen molar-refractivity contribution in [1.29, 1.82) is 0 Å². The maximum absolute atomic E-state index is 12.6. The molecule has 0 spiro atoms. The maximum atomic E-state index is 12.6. The topological polar surface area (TPSA) is 37.3 Å². The van der Waals surface area contributed by atoms with Gasteiger partial charge in [0.25, 0.3) is 0 Å². The van der Waals surface area contributed by atoms with Crippen molar-refractivity contribution in [3.8, 4) is 5.75 Å². The fourth-order valence-corrected chi connectivity index (χ4v) is 3.73. The highest BCUT2D eigenvalue weighted by Crippen LogP contribution is 2.29. The lowest BCUT2D eigenvalue weighted by atomic mass is 9.93. The lowest BCUT2D eigenvalue weighted by molar-refractivity contribution is 0.0978. The van der Waals surface area contributed by atoms with Gasteiger partial charge < -0.3 is 5.11 Å². The Kier molecular flexibility index (Phi) is 12.1. The Balaban J connectivity index is 2.17. The second-order valence-corrected chi connectivity index (χ2v) is 8.44. The van der Waals surface area contributed by atoms with Crippen LogP contribution in [0.15, 0.2) is 12.1 Å². The van der Waals surface area contributed by atoms with E-state index in [1.54, 1.807) is 6.07 Å². The molecule has 154 valence electrons. The molecule has 0 heterocycles. The zero-order valence-electron chi connectivity index (χ0n) is 18.3. The van der Waals surface area contributed by atoms with Gasteiger partial charge in [-0.2, -0.15) is 0 Å². The Hall–Kier alpha value is -1.31. The van der Waals surface area contributed by atoms with E-state index in [2.05, 4.69) is 6.92 Å². The van der Waals surface area contributed by atoms with Gasteiger partial charge in [0.05, 0.1) is 0 Å². The van der Waals surface area contributed by atoms with Crippen molar-refractivity contribution >= 4 is 5.78 Å². The molecule has 0 aliphatic rings. The molecule has 0 bridgehead atoms. The third kappa shape index (κ3) is 9.44. The van der Waals surface area contributed by atoms with Crippen LogP contribution in [0.2, 0.25) is 0 Å². The zero-order valence-corrected chi connectivity index (χ0v) is 18.3. The van der Waals surface area contributed by atoms with Gasteiger partial charge in [0.2, 0.25) is 0 Å². The van der Waals surface area contributed by atoms with Crippen LogP contribution in [0, 0.1) is 6.92 Å². The summed E-state index contributed by atoms with van der Waals surface area (Å²) >= 11 is 0. The number of benzene rings is 1. The average molecular weight is 375 g/mol. The maximum Gasteiger partial charge on any atom is 0.163 e. The fourth-order valence-electron chi connectivity index (χ4n) is 3.73. The van der Waals surface area contributed by atoms with E-state index in [-0.39, 0.29) is 11.7 Å². The van der Waals surface area contributed by atoms with E-state index in [0.717, 1.165) is 29.5 Å². The Bertz CT molecular complexity index is 546. The molecule has 0 radical (unpaired) electrons.